The first-order chi connectivity index (χ1) is 5.61. The molecule has 1 aliphatic rings. The van der Waals surface area contributed by atoms with Crippen molar-refractivity contribution in [3.63, 3.8) is 0 Å². The number of aldehydes is 1. The molecule has 0 saturated heterocycles. The summed E-state index contributed by atoms with van der Waals surface area (Å²) >= 11 is 0. The highest BCUT2D eigenvalue weighted by Crippen LogP contribution is 2.25. The Labute approximate surface area is 70.1 Å². The number of aliphatic carboxylic acids is 1. The number of rotatable bonds is 3. The van der Waals surface area contributed by atoms with Crippen molar-refractivity contribution >= 4 is 12.3 Å². The van der Waals surface area contributed by atoms with Gasteiger partial charge in [0.2, 0.25) is 0 Å². The van der Waals surface area contributed by atoms with Gasteiger partial charge in [-0.1, -0.05) is 6.08 Å². The van der Waals surface area contributed by atoms with Gasteiger partial charge in [0.15, 0.2) is 11.8 Å². The first-order valence-corrected chi connectivity index (χ1v) is 3.79. The van der Waals surface area contributed by atoms with Gasteiger partial charge >= 0.3 is 5.97 Å². The molecule has 0 saturated carbocycles. The second-order valence-corrected chi connectivity index (χ2v) is 2.91. The topological polar surface area (TPSA) is 80.4 Å². The van der Waals surface area contributed by atoms with Gasteiger partial charge < -0.3 is 15.6 Å². The maximum atomic E-state index is 10.6. The van der Waals surface area contributed by atoms with Crippen LogP contribution in [0.15, 0.2) is 11.6 Å². The fraction of sp³-hybridized carbons (Fsp3) is 0.500. The summed E-state index contributed by atoms with van der Waals surface area (Å²) in [5.74, 6) is -1.27. The van der Waals surface area contributed by atoms with Gasteiger partial charge in [-0.3, -0.25) is 0 Å². The van der Waals surface area contributed by atoms with E-state index in [1.54, 1.807) is 6.08 Å². The molecule has 0 aromatic heterocycles. The minimum absolute atomic E-state index is 0.298. The number of carbonyl (C=O) groups is 2. The zero-order valence-electron chi connectivity index (χ0n) is 6.62. The molecule has 0 aromatic rings. The van der Waals surface area contributed by atoms with Gasteiger partial charge in [0.25, 0.3) is 0 Å². The highest BCUT2D eigenvalue weighted by Gasteiger charge is 2.38. The van der Waals surface area contributed by atoms with E-state index >= 15 is 0 Å². The molecular formula is C8H11NO3. The van der Waals surface area contributed by atoms with E-state index in [0.29, 0.717) is 18.3 Å². The Morgan fingerprint density at radius 2 is 2.42 bits per heavy atom. The number of carboxylic acid groups (broad SMARTS) is 1. The van der Waals surface area contributed by atoms with Crippen molar-refractivity contribution in [1.82, 2.24) is 0 Å². The van der Waals surface area contributed by atoms with Crippen LogP contribution in [0.5, 0.6) is 0 Å². The molecule has 3 N–H and O–H groups in total. The molecule has 1 atom stereocenters. The Morgan fingerprint density at radius 3 is 2.75 bits per heavy atom. The van der Waals surface area contributed by atoms with Crippen molar-refractivity contribution in [2.75, 3.05) is 0 Å². The first-order valence-electron chi connectivity index (χ1n) is 3.79. The van der Waals surface area contributed by atoms with Crippen molar-refractivity contribution in [2.45, 2.75) is 24.8 Å². The van der Waals surface area contributed by atoms with Crippen LogP contribution in [0.2, 0.25) is 0 Å². The lowest BCUT2D eigenvalue weighted by Crippen LogP contribution is -2.50. The molecule has 0 radical (unpaired) electrons. The standard InChI is InChI=1S/C8H11NO3/c9-8(5-10,7(11)12)6-3-1-2-4-6/h3,5H,1-2,4,9H2,(H,11,12). The van der Waals surface area contributed by atoms with E-state index < -0.39 is 11.5 Å². The minimum Gasteiger partial charge on any atom is -0.479 e. The maximum Gasteiger partial charge on any atom is 0.335 e. The molecule has 66 valence electrons. The summed E-state index contributed by atoms with van der Waals surface area (Å²) < 4.78 is 0. The van der Waals surface area contributed by atoms with Crippen LogP contribution in [-0.2, 0) is 9.59 Å². The molecule has 0 spiro atoms. The average molecular weight is 169 g/mol. The van der Waals surface area contributed by atoms with Crippen molar-refractivity contribution < 1.29 is 14.7 Å². The predicted molar refractivity (Wildman–Crippen MR) is 42.6 cm³/mol. The molecule has 0 heterocycles. The molecule has 1 unspecified atom stereocenters. The van der Waals surface area contributed by atoms with Gasteiger partial charge in [0.1, 0.15) is 0 Å². The Kier molecular flexibility index (Phi) is 2.28. The Bertz CT molecular complexity index is 247. The molecular weight excluding hydrogens is 158 g/mol. The summed E-state index contributed by atoms with van der Waals surface area (Å²) in [5, 5.41) is 8.70. The third-order valence-electron chi connectivity index (χ3n) is 2.11. The van der Waals surface area contributed by atoms with Crippen molar-refractivity contribution in [1.29, 1.82) is 0 Å². The molecule has 0 aromatic carbocycles. The Morgan fingerprint density at radius 1 is 1.75 bits per heavy atom. The molecule has 4 heteroatoms. The summed E-state index contributed by atoms with van der Waals surface area (Å²) in [6, 6.07) is 0. The van der Waals surface area contributed by atoms with E-state index in [-0.39, 0.29) is 0 Å². The predicted octanol–water partition coefficient (Wildman–Crippen LogP) is 0.0777. The first kappa shape index (κ1) is 8.93. The van der Waals surface area contributed by atoms with Crippen LogP contribution in [0.1, 0.15) is 19.3 Å². The SMILES string of the molecule is NC(C=O)(C(=O)O)C1=CCCC1. The number of hydrogen-bond donors (Lipinski definition) is 2. The van der Waals surface area contributed by atoms with Crippen LogP contribution in [0.3, 0.4) is 0 Å². The van der Waals surface area contributed by atoms with E-state index in [1.807, 2.05) is 0 Å². The van der Waals surface area contributed by atoms with Crippen LogP contribution < -0.4 is 5.73 Å². The third-order valence-corrected chi connectivity index (χ3v) is 2.11. The molecule has 0 fully saturated rings. The molecule has 0 bridgehead atoms. The Balaban J connectivity index is 2.93. The maximum absolute atomic E-state index is 10.6. The van der Waals surface area contributed by atoms with Crippen LogP contribution in [0, 0.1) is 0 Å². The normalized spacial score (nSPS) is 21.2. The second kappa shape index (κ2) is 3.06. The smallest absolute Gasteiger partial charge is 0.335 e. The summed E-state index contributed by atoms with van der Waals surface area (Å²) in [5.41, 5.74) is 4.16. The van der Waals surface area contributed by atoms with Gasteiger partial charge in [0, 0.05) is 0 Å². The van der Waals surface area contributed by atoms with Gasteiger partial charge in [-0.15, -0.1) is 0 Å². The fourth-order valence-corrected chi connectivity index (χ4v) is 1.31. The fourth-order valence-electron chi connectivity index (χ4n) is 1.31. The zero-order valence-corrected chi connectivity index (χ0v) is 6.62. The van der Waals surface area contributed by atoms with E-state index in [4.69, 9.17) is 10.8 Å². The van der Waals surface area contributed by atoms with Crippen molar-refractivity contribution in [3.05, 3.63) is 11.6 Å². The van der Waals surface area contributed by atoms with Crippen LogP contribution >= 0.6 is 0 Å². The lowest BCUT2D eigenvalue weighted by molar-refractivity contribution is -0.143. The molecule has 0 amide bonds. The van der Waals surface area contributed by atoms with Crippen LogP contribution in [0.25, 0.3) is 0 Å². The Hall–Kier alpha value is -1.16. The lowest BCUT2D eigenvalue weighted by Gasteiger charge is -2.18. The van der Waals surface area contributed by atoms with Gasteiger partial charge in [0.05, 0.1) is 0 Å². The monoisotopic (exact) mass is 169 g/mol. The van der Waals surface area contributed by atoms with Crippen molar-refractivity contribution in [3.8, 4) is 0 Å². The van der Waals surface area contributed by atoms with Gasteiger partial charge in [-0.25, -0.2) is 4.79 Å². The number of carboxylic acids is 1. The summed E-state index contributed by atoms with van der Waals surface area (Å²) in [6.07, 6.45) is 4.35. The largest absolute Gasteiger partial charge is 0.479 e. The quantitative estimate of drug-likeness (QED) is 0.356. The van der Waals surface area contributed by atoms with Crippen LogP contribution in [0.4, 0.5) is 0 Å². The highest BCUT2D eigenvalue weighted by atomic mass is 16.4. The molecule has 1 rings (SSSR count). The molecule has 4 nitrogen and oxygen atoms in total. The molecule has 12 heavy (non-hydrogen) atoms. The average Bonchev–Trinajstić information content (AvgIpc) is 2.54. The molecule has 1 aliphatic carbocycles. The number of nitrogens with two attached hydrogens (primary N) is 1. The van der Waals surface area contributed by atoms with Crippen LogP contribution in [-0.4, -0.2) is 22.9 Å². The van der Waals surface area contributed by atoms with E-state index in [0.717, 1.165) is 12.8 Å². The minimum atomic E-state index is -1.78. The third kappa shape index (κ3) is 1.25. The zero-order chi connectivity index (χ0) is 9.19. The van der Waals surface area contributed by atoms with Crippen molar-refractivity contribution in [2.24, 2.45) is 5.73 Å². The molecule has 0 aliphatic heterocycles. The van der Waals surface area contributed by atoms with Gasteiger partial charge in [-0.2, -0.15) is 0 Å². The van der Waals surface area contributed by atoms with Gasteiger partial charge in [-0.05, 0) is 24.8 Å². The summed E-state index contributed by atoms with van der Waals surface area (Å²) in [7, 11) is 0. The number of hydrogen-bond acceptors (Lipinski definition) is 3. The van der Waals surface area contributed by atoms with E-state index in [9.17, 15) is 9.59 Å². The van der Waals surface area contributed by atoms with E-state index in [2.05, 4.69) is 0 Å². The van der Waals surface area contributed by atoms with E-state index in [1.165, 1.54) is 0 Å². The lowest BCUT2D eigenvalue weighted by atomic mass is 9.92. The second-order valence-electron chi connectivity index (χ2n) is 2.91. The number of carbonyl (C=O) groups excluding carboxylic acids is 1. The highest BCUT2D eigenvalue weighted by molar-refractivity contribution is 6.01. The summed E-state index contributed by atoms with van der Waals surface area (Å²) in [4.78, 5) is 21.2. The summed E-state index contributed by atoms with van der Waals surface area (Å²) in [6.45, 7) is 0. The number of allylic oxidation sites excluding steroid dienone is 1.